The Kier molecular flexibility index (Phi) is 11.0. The summed E-state index contributed by atoms with van der Waals surface area (Å²) in [4.78, 5) is 26.7. The maximum atomic E-state index is 13.8. The molecule has 0 aliphatic carbocycles. The van der Waals surface area contributed by atoms with E-state index in [0.29, 0.717) is 26.2 Å². The number of nitro benzene ring substituents is 2. The SMILES string of the molecule is CCN1/C(=C/C=C2\CSC/C(=C\C=C3\N(CC)c4ccccc4C3(C)C)C2=[N+]2CCN(S(=O)c3ccc([N+](=O)[O-])cc3[N+](=O)[O-])CC2)C(C)(C)c2ccccc21. The zero-order valence-corrected chi connectivity index (χ0v) is 34.5. The normalized spacial score (nSPS) is 22.6. The molecule has 13 heteroatoms. The molecule has 1 unspecified atom stereocenters. The lowest BCUT2D eigenvalue weighted by molar-refractivity contribution is -0.536. The van der Waals surface area contributed by atoms with E-state index in [1.165, 1.54) is 62.9 Å². The smallest absolute Gasteiger partial charge is 0.293 e. The standard InChI is InChI=1S/C43H49N6O5S2/c1-7-46-35-15-11-9-13-33(35)42(3,4)39(46)21-17-30-28-55-29-31(18-22-40-43(5,6)34-14-10-12-16-36(34)47(40)8-2)41(30)44-23-25-45(26-24-44)56(54)38-20-19-32(48(50)51)27-37(38)49(52)53/h9-22,27H,7-8,23-26,28-29H2,1-6H3/q+1. The molecule has 4 aliphatic rings. The predicted octanol–water partition coefficient (Wildman–Crippen LogP) is 8.30. The number of non-ortho nitro benzene ring substituents is 1. The van der Waals surface area contributed by atoms with Gasteiger partial charge in [-0.3, -0.25) is 20.2 Å². The molecular formula is C43H49N6O5S2+. The molecule has 3 aromatic carbocycles. The van der Waals surface area contributed by atoms with E-state index in [2.05, 4.69) is 129 Å². The number of para-hydroxylation sites is 2. The molecule has 0 saturated carbocycles. The van der Waals surface area contributed by atoms with Crippen molar-refractivity contribution >= 4 is 51.2 Å². The van der Waals surface area contributed by atoms with Gasteiger partial charge >= 0.3 is 0 Å². The van der Waals surface area contributed by atoms with Crippen LogP contribution in [0.3, 0.4) is 0 Å². The molecule has 0 amide bonds. The zero-order chi connectivity index (χ0) is 39.9. The van der Waals surface area contributed by atoms with Crippen molar-refractivity contribution in [3.8, 4) is 0 Å². The average molecular weight is 794 g/mol. The highest BCUT2D eigenvalue weighted by Gasteiger charge is 2.41. The first-order chi connectivity index (χ1) is 26.8. The first kappa shape index (κ1) is 39.4. The van der Waals surface area contributed by atoms with Crippen LogP contribution in [0.5, 0.6) is 0 Å². The van der Waals surface area contributed by atoms with Crippen LogP contribution < -0.4 is 9.80 Å². The molecule has 0 aromatic heterocycles. The molecule has 2 saturated heterocycles. The summed E-state index contributed by atoms with van der Waals surface area (Å²) in [6, 6.07) is 20.6. The summed E-state index contributed by atoms with van der Waals surface area (Å²) >= 11 is 1.90. The maximum absolute atomic E-state index is 13.8. The Balaban J connectivity index is 1.28. The maximum Gasteiger partial charge on any atom is 0.293 e. The first-order valence-electron chi connectivity index (χ1n) is 19.2. The third-order valence-electron chi connectivity index (χ3n) is 11.6. The fourth-order valence-corrected chi connectivity index (χ4v) is 11.0. The van der Waals surface area contributed by atoms with Gasteiger partial charge in [-0.15, -0.1) is 0 Å². The molecule has 7 rings (SSSR count). The Morgan fingerprint density at radius 2 is 1.25 bits per heavy atom. The third kappa shape index (κ3) is 6.94. The molecule has 4 heterocycles. The largest absolute Gasteiger partial charge is 0.344 e. The molecule has 4 aliphatic heterocycles. The highest BCUT2D eigenvalue weighted by atomic mass is 32.2. The van der Waals surface area contributed by atoms with E-state index in [4.69, 9.17) is 0 Å². The van der Waals surface area contributed by atoms with Gasteiger partial charge in [0.25, 0.3) is 11.4 Å². The van der Waals surface area contributed by atoms with Crippen molar-refractivity contribution in [2.45, 2.75) is 57.3 Å². The number of allylic oxidation sites excluding steroid dienone is 6. The van der Waals surface area contributed by atoms with Gasteiger partial charge in [0.05, 0.1) is 29.0 Å². The Labute approximate surface area is 335 Å². The topological polar surface area (TPSA) is 116 Å². The fourth-order valence-electron chi connectivity index (χ4n) is 8.72. The van der Waals surface area contributed by atoms with E-state index in [9.17, 15) is 24.4 Å². The summed E-state index contributed by atoms with van der Waals surface area (Å²) in [5, 5.41) is 23.2. The molecule has 292 valence electrons. The molecule has 2 fully saturated rings. The van der Waals surface area contributed by atoms with E-state index in [0.717, 1.165) is 30.7 Å². The number of hydrogen-bond acceptors (Lipinski definition) is 8. The second-order valence-electron chi connectivity index (χ2n) is 15.4. The predicted molar refractivity (Wildman–Crippen MR) is 227 cm³/mol. The van der Waals surface area contributed by atoms with Crippen molar-refractivity contribution in [3.63, 3.8) is 0 Å². The molecular weight excluding hydrogens is 745 g/mol. The second-order valence-corrected chi connectivity index (χ2v) is 17.9. The van der Waals surface area contributed by atoms with Crippen LogP contribution in [0.4, 0.5) is 22.7 Å². The van der Waals surface area contributed by atoms with E-state index >= 15 is 0 Å². The number of thioether (sulfide) groups is 1. The summed E-state index contributed by atoms with van der Waals surface area (Å²) in [5.41, 5.74) is 10.0. The number of piperazine rings is 1. The summed E-state index contributed by atoms with van der Waals surface area (Å²) in [7, 11) is -1.87. The highest BCUT2D eigenvalue weighted by molar-refractivity contribution is 7.99. The Bertz CT molecular complexity index is 2180. The summed E-state index contributed by atoms with van der Waals surface area (Å²) in [5.74, 6) is 1.68. The van der Waals surface area contributed by atoms with Crippen molar-refractivity contribution < 1.29 is 18.6 Å². The van der Waals surface area contributed by atoms with Crippen molar-refractivity contribution in [1.29, 1.82) is 0 Å². The first-order valence-corrected chi connectivity index (χ1v) is 21.4. The van der Waals surface area contributed by atoms with Crippen molar-refractivity contribution in [3.05, 3.63) is 145 Å². The van der Waals surface area contributed by atoms with Crippen LogP contribution in [-0.2, 0) is 21.8 Å². The summed E-state index contributed by atoms with van der Waals surface area (Å²) in [6.07, 6.45) is 9.20. The van der Waals surface area contributed by atoms with Crippen LogP contribution >= 0.6 is 11.8 Å². The number of hydrogen-bond donors (Lipinski definition) is 0. The fraction of sp³-hybridized carbons (Fsp3) is 0.372. The second kappa shape index (κ2) is 15.6. The number of nitro groups is 2. The Morgan fingerprint density at radius 1 is 0.750 bits per heavy atom. The third-order valence-corrected chi connectivity index (χ3v) is 14.2. The molecule has 0 N–H and O–H groups in total. The van der Waals surface area contributed by atoms with Gasteiger partial charge < -0.3 is 9.80 Å². The van der Waals surface area contributed by atoms with Gasteiger partial charge in [-0.05, 0) is 67.5 Å². The highest BCUT2D eigenvalue weighted by Crippen LogP contribution is 2.49. The molecule has 56 heavy (non-hydrogen) atoms. The summed E-state index contributed by atoms with van der Waals surface area (Å²) in [6.45, 7) is 17.2. The van der Waals surface area contributed by atoms with E-state index in [-0.39, 0.29) is 15.7 Å². The van der Waals surface area contributed by atoms with Crippen LogP contribution in [0.2, 0.25) is 0 Å². The van der Waals surface area contributed by atoms with Crippen LogP contribution in [0, 0.1) is 20.2 Å². The number of rotatable bonds is 8. The number of likely N-dealkylation sites (N-methyl/N-ethyl adjacent to an activating group) is 2. The van der Waals surface area contributed by atoms with Crippen LogP contribution in [-0.4, -0.2) is 79.4 Å². The monoisotopic (exact) mass is 793 g/mol. The van der Waals surface area contributed by atoms with Gasteiger partial charge in [-0.2, -0.15) is 11.8 Å². The van der Waals surface area contributed by atoms with Gasteiger partial charge in [0.1, 0.15) is 15.9 Å². The minimum atomic E-state index is -1.87. The zero-order valence-electron chi connectivity index (χ0n) is 32.9. The van der Waals surface area contributed by atoms with Crippen LogP contribution in [0.1, 0.15) is 52.7 Å². The lowest BCUT2D eigenvalue weighted by Crippen LogP contribution is -2.46. The molecule has 0 radical (unpaired) electrons. The number of anilines is 2. The Morgan fingerprint density at radius 3 is 1.71 bits per heavy atom. The molecule has 11 nitrogen and oxygen atoms in total. The molecule has 3 aromatic rings. The quantitative estimate of drug-likeness (QED) is 0.127. The van der Waals surface area contributed by atoms with Gasteiger partial charge in [-0.25, -0.2) is 13.1 Å². The Hall–Kier alpha value is -4.85. The van der Waals surface area contributed by atoms with Crippen LogP contribution in [0.15, 0.2) is 118 Å². The van der Waals surface area contributed by atoms with Crippen molar-refractivity contribution in [1.82, 2.24) is 4.31 Å². The van der Waals surface area contributed by atoms with E-state index in [1.807, 2.05) is 11.8 Å². The minimum Gasteiger partial charge on any atom is -0.344 e. The lowest BCUT2D eigenvalue weighted by atomic mass is 9.83. The van der Waals surface area contributed by atoms with Gasteiger partial charge in [0.2, 0.25) is 5.71 Å². The lowest BCUT2D eigenvalue weighted by Gasteiger charge is -2.28. The summed E-state index contributed by atoms with van der Waals surface area (Å²) < 4.78 is 17.9. The van der Waals surface area contributed by atoms with Crippen molar-refractivity contribution in [2.24, 2.45) is 0 Å². The van der Waals surface area contributed by atoms with Crippen molar-refractivity contribution in [2.75, 3.05) is 60.6 Å². The molecule has 1 atom stereocenters. The van der Waals surface area contributed by atoms with E-state index < -0.39 is 32.2 Å². The van der Waals surface area contributed by atoms with Gasteiger partial charge in [0.15, 0.2) is 13.1 Å². The molecule has 0 bridgehead atoms. The minimum absolute atomic E-state index is 0.0310. The van der Waals surface area contributed by atoms with Crippen LogP contribution in [0.25, 0.3) is 0 Å². The van der Waals surface area contributed by atoms with Gasteiger partial charge in [-0.1, -0.05) is 64.1 Å². The number of nitrogens with zero attached hydrogens (tertiary/aromatic N) is 6. The average Bonchev–Trinajstić information content (AvgIpc) is 3.56. The van der Waals surface area contributed by atoms with E-state index in [1.54, 1.807) is 4.31 Å². The molecule has 0 spiro atoms. The van der Waals surface area contributed by atoms with Gasteiger partial charge in [0, 0.05) is 75.4 Å². The number of benzene rings is 3. The number of fused-ring (bicyclic) bond motifs is 2.